The smallest absolute Gasteiger partial charge is 0.308 e. The molecule has 0 atom stereocenters. The van der Waals surface area contributed by atoms with Gasteiger partial charge in [-0.2, -0.15) is 0 Å². The Kier molecular flexibility index (Phi) is 86.1. The fourth-order valence-electron chi connectivity index (χ4n) is 12.1. The molecule has 0 unspecified atom stereocenters. The van der Waals surface area contributed by atoms with Crippen LogP contribution in [0.3, 0.4) is 0 Å². The Bertz CT molecular complexity index is 4460. The summed E-state index contributed by atoms with van der Waals surface area (Å²) in [6.07, 6.45) is 8.78. The van der Waals surface area contributed by atoms with Crippen molar-refractivity contribution >= 4 is 51.8 Å². The van der Waals surface area contributed by atoms with Gasteiger partial charge >= 0.3 is 29.8 Å². The van der Waals surface area contributed by atoms with Crippen molar-refractivity contribution in [2.45, 2.75) is 396 Å². The normalized spacial score (nSPS) is 11.1. The fraction of sp³-hybridized carbons (Fsp3) is 0.567. The number of ketones is 1. The number of esters is 5. The number of rotatable bonds is 28. The maximum absolute atomic E-state index is 11.7. The van der Waals surface area contributed by atoms with Crippen LogP contribution in [-0.4, -0.2) is 84.3 Å². The Labute approximate surface area is 913 Å². The first-order chi connectivity index (χ1) is 68.2. The van der Waals surface area contributed by atoms with E-state index in [1.807, 2.05) is 158 Å². The molecule has 148 heavy (non-hydrogen) atoms. The van der Waals surface area contributed by atoms with E-state index in [4.69, 9.17) is 28.4 Å². The van der Waals surface area contributed by atoms with E-state index in [0.29, 0.717) is 49.2 Å². The second-order valence-electron chi connectivity index (χ2n) is 46.9. The van der Waals surface area contributed by atoms with Crippen LogP contribution >= 0.6 is 0 Å². The van der Waals surface area contributed by atoms with Gasteiger partial charge in [0.15, 0.2) is 0 Å². The third-order valence-corrected chi connectivity index (χ3v) is 32.3. The van der Waals surface area contributed by atoms with Crippen molar-refractivity contribution in [2.75, 3.05) is 26.9 Å². The molecule has 0 aliphatic heterocycles. The SMILES string of the molecule is C.C=CCC(C)C.C=CCOC(=O)C(C)C.CC.CC(=O)C(C)C.CC(C)C.CC(C)C(=O)OC(C)(C)C.CC(C)C(=O)OCC1c2ccccc2-c2ccccc21.CC(C)C(=O)OCc1ccccc1.CC(C)C(C)(C)C.CC(C)C(c1ccccc1)(c1ccccc1)c1ccccc1.CC(C)Cc1ccccc1.CC(C)[Si](C)(C)C(C)(C)C.CCC(=O)OCC[Si](C)(C)C.CCC(C)C.COc1ccc(CC(C)C)cc1. The van der Waals surface area contributed by atoms with Crippen molar-refractivity contribution in [2.24, 2.45) is 76.4 Å². The first kappa shape index (κ1) is 151. The van der Waals surface area contributed by atoms with Crippen molar-refractivity contribution < 1.29 is 57.2 Å². The van der Waals surface area contributed by atoms with E-state index < -0.39 is 16.1 Å². The Balaban J connectivity index is -0.000000296. The number of benzene rings is 8. The molecule has 8 aromatic carbocycles. The summed E-state index contributed by atoms with van der Waals surface area (Å²) in [6.45, 7) is 106. The molecule has 0 N–H and O–H groups in total. The Morgan fingerprint density at radius 1 is 0.392 bits per heavy atom. The molecular formula is C134H222O12Si2. The summed E-state index contributed by atoms with van der Waals surface area (Å²) in [7, 11) is -0.304. The molecule has 1 aliphatic carbocycles. The molecule has 0 fully saturated rings. The standard InChI is InChI=1S/C22H22.C18H18O2.C11H14O2.C11H16O.C10H14.C9H22Si.C8H18O2Si.C8H16O2.C7H12O2.C7H16.C6H12.C5H10O.C5H12.C4H10.C2H6.CH4/c1-18(2)22(19-12-6-3-7-13-19,20-14-8-4-9-15-20)21-16-10-5-11-17-21;1-12(2)18(19)20-11-17-15-9-5-3-7-13(15)14-8-4-6-10-16(14)17;1-9(2)11(12)13-8-10-6-4-3-5-7-10;1-9(2)8-10-4-6-11(12-3)7-5-10;1-9(2)8-10-6-4-3-5-7-10;1-8(2)10(6,7)9(3,4)5;1-5-8(9)10-6-7-11(2,3)4;1-6(2)7(9)10-8(3,4)5;1-4-5-9-7(8)6(2)3;1-6(2)7(3,4)5;1-4-5-6(2)3;1-4(2)5(3)6;1-4-5(2)3;1-4(2)3;1-2;/h3-18H,1-2H3;3-10,12,17H,11H2,1-2H3;3-7,9H,8H2,1-2H3;4-7,9H,8H2,1-3H3;3-7,9H,8H2,1-2H3;8H,1-7H3;5-7H2,1-4H3;6H,1-5H3;4,6H,1,5H2,2-3H3;6H,1-5H3;4,6H,1,5H2,2-3H3;4H,1-3H3;5H,4H2,1-3H3;4H,1-3H3;1-2H3;1H4. The fourth-order valence-corrected chi connectivity index (χ4v) is 14.5. The predicted octanol–water partition coefficient (Wildman–Crippen LogP) is 38.9. The molecule has 9 rings (SSSR count). The minimum atomic E-state index is -1.01. The van der Waals surface area contributed by atoms with E-state index in [-0.39, 0.29) is 89.6 Å². The maximum atomic E-state index is 11.7. The van der Waals surface area contributed by atoms with Crippen molar-refractivity contribution in [3.8, 4) is 16.9 Å². The zero-order chi connectivity index (χ0) is 115. The van der Waals surface area contributed by atoms with E-state index in [1.54, 1.807) is 34.0 Å². The van der Waals surface area contributed by atoms with Crippen LogP contribution < -0.4 is 4.74 Å². The van der Waals surface area contributed by atoms with Gasteiger partial charge in [0.2, 0.25) is 0 Å². The number of allylic oxidation sites excluding steroid dienone is 1. The van der Waals surface area contributed by atoms with Crippen LogP contribution in [0.25, 0.3) is 11.1 Å². The van der Waals surface area contributed by atoms with Crippen molar-refractivity contribution in [1.82, 2.24) is 0 Å². The zero-order valence-electron chi connectivity index (χ0n) is 102. The van der Waals surface area contributed by atoms with E-state index in [1.165, 1.54) is 62.9 Å². The van der Waals surface area contributed by atoms with Gasteiger partial charge in [-0.25, -0.2) is 0 Å². The minimum absolute atomic E-state index is 0. The molecule has 8 aromatic rings. The topological polar surface area (TPSA) is 158 Å². The second-order valence-corrected chi connectivity index (χ2v) is 58.6. The molecule has 0 amide bonds. The highest BCUT2D eigenvalue weighted by molar-refractivity contribution is 6.81. The summed E-state index contributed by atoms with van der Waals surface area (Å²) in [5.74, 6) is 5.93. The molecule has 0 aromatic heterocycles. The third kappa shape index (κ3) is 75.2. The summed E-state index contributed by atoms with van der Waals surface area (Å²) < 4.78 is 30.3. The minimum Gasteiger partial charge on any atom is -0.497 e. The second kappa shape index (κ2) is 84.1. The lowest BCUT2D eigenvalue weighted by Crippen LogP contribution is -2.39. The quantitative estimate of drug-likeness (QED) is 0.0150. The van der Waals surface area contributed by atoms with Gasteiger partial charge in [0.25, 0.3) is 0 Å². The lowest BCUT2D eigenvalue weighted by atomic mass is 9.63. The third-order valence-electron chi connectivity index (χ3n) is 23.8. The summed E-state index contributed by atoms with van der Waals surface area (Å²) in [4.78, 5) is 65.2. The summed E-state index contributed by atoms with van der Waals surface area (Å²) in [5, 5.41) is 0.557. The molecule has 14 heteroatoms. The number of carbonyl (C=O) groups excluding carboxylic acids is 6. The Hall–Kier alpha value is -9.51. The molecule has 0 heterocycles. The largest absolute Gasteiger partial charge is 0.497 e. The number of carbonyl (C=O) groups is 6. The summed E-state index contributed by atoms with van der Waals surface area (Å²) in [5.41, 5.74) is 13.8. The van der Waals surface area contributed by atoms with Crippen molar-refractivity contribution in [3.63, 3.8) is 0 Å². The molecular weight excluding hydrogens is 1860 g/mol. The molecule has 0 radical (unpaired) electrons. The van der Waals surface area contributed by atoms with Crippen molar-refractivity contribution in [1.29, 1.82) is 0 Å². The lowest BCUT2D eigenvalue weighted by Gasteiger charge is -2.40. The number of fused-ring (bicyclic) bond motifs is 3. The van der Waals surface area contributed by atoms with E-state index in [2.05, 4.69) is 382 Å². The molecule has 0 spiro atoms. The van der Waals surface area contributed by atoms with Gasteiger partial charge in [-0.3, -0.25) is 28.8 Å². The van der Waals surface area contributed by atoms with Crippen LogP contribution in [0.5, 0.6) is 5.75 Å². The van der Waals surface area contributed by atoms with Gasteiger partial charge < -0.3 is 28.4 Å². The van der Waals surface area contributed by atoms with Gasteiger partial charge in [-0.15, -0.1) is 6.58 Å². The molecule has 1 aliphatic rings. The molecule has 0 bridgehead atoms. The van der Waals surface area contributed by atoms with Crippen LogP contribution in [0, 0.1) is 76.4 Å². The van der Waals surface area contributed by atoms with E-state index >= 15 is 0 Å². The van der Waals surface area contributed by atoms with Crippen LogP contribution in [0.15, 0.2) is 250 Å². The van der Waals surface area contributed by atoms with Crippen molar-refractivity contribution in [3.05, 3.63) is 294 Å². The monoisotopic (exact) mass is 2080 g/mol. The number of ether oxygens (including phenoxy) is 6. The average Bonchev–Trinajstić information content (AvgIpc) is 0.972. The van der Waals surface area contributed by atoms with Crippen LogP contribution in [-0.2, 0) is 77.3 Å². The Morgan fingerprint density at radius 3 is 0.953 bits per heavy atom. The van der Waals surface area contributed by atoms with Crippen LogP contribution in [0.4, 0.5) is 0 Å². The molecule has 0 saturated carbocycles. The van der Waals surface area contributed by atoms with Gasteiger partial charge in [-0.1, -0.05) is 539 Å². The first-order valence-corrected chi connectivity index (χ1v) is 61.6. The highest BCUT2D eigenvalue weighted by atomic mass is 28.3. The number of Topliss-reactive ketones (excluding diaryl/α,β-unsaturated/α-hetero) is 1. The Morgan fingerprint density at radius 2 is 0.709 bits per heavy atom. The molecule has 0 saturated heterocycles. The summed E-state index contributed by atoms with van der Waals surface area (Å²) >= 11 is 0. The highest BCUT2D eigenvalue weighted by Crippen LogP contribution is 2.47. The number of methoxy groups -OCH3 is 1. The highest BCUT2D eigenvalue weighted by Gasteiger charge is 2.40. The molecule has 12 nitrogen and oxygen atoms in total. The average molecular weight is 2080 g/mol. The van der Waals surface area contributed by atoms with E-state index in [9.17, 15) is 28.8 Å². The van der Waals surface area contributed by atoms with Gasteiger partial charge in [-0.05, 0) is 173 Å². The lowest BCUT2D eigenvalue weighted by molar-refractivity contribution is -0.158. The van der Waals surface area contributed by atoms with E-state index in [0.717, 1.165) is 71.2 Å². The van der Waals surface area contributed by atoms with Gasteiger partial charge in [0, 0.05) is 31.7 Å². The van der Waals surface area contributed by atoms with Gasteiger partial charge in [0.1, 0.15) is 37.0 Å². The van der Waals surface area contributed by atoms with Crippen LogP contribution in [0.2, 0.25) is 49.4 Å². The predicted molar refractivity (Wildman–Crippen MR) is 653 cm³/mol. The van der Waals surface area contributed by atoms with Crippen LogP contribution in [0.1, 0.15) is 361 Å². The first-order valence-electron chi connectivity index (χ1n) is 54.8. The number of hydrogen-bond acceptors (Lipinski definition) is 12. The summed E-state index contributed by atoms with van der Waals surface area (Å²) in [6, 6.07) is 78.9. The number of hydrogen-bond donors (Lipinski definition) is 0. The van der Waals surface area contributed by atoms with Gasteiger partial charge in [0.05, 0.1) is 45.5 Å². The maximum Gasteiger partial charge on any atom is 0.308 e. The zero-order valence-corrected chi connectivity index (χ0v) is 104. The molecule has 838 valence electrons.